The van der Waals surface area contributed by atoms with Crippen LogP contribution in [0.3, 0.4) is 0 Å². The molecule has 0 aliphatic carbocycles. The van der Waals surface area contributed by atoms with Crippen LogP contribution in [-0.4, -0.2) is 16.1 Å². The van der Waals surface area contributed by atoms with Gasteiger partial charge in [-0.15, -0.1) is 0 Å². The molecule has 1 aromatic heterocycles. The van der Waals surface area contributed by atoms with Crippen molar-refractivity contribution in [3.8, 4) is 17.0 Å². The number of fused-ring (bicyclic) bond motifs is 1. The number of nitrogens with one attached hydrogen (secondary N) is 1. The summed E-state index contributed by atoms with van der Waals surface area (Å²) in [6, 6.07) is 20.0. The summed E-state index contributed by atoms with van der Waals surface area (Å²) in [5.74, 6) is -0.529. The van der Waals surface area contributed by atoms with Gasteiger partial charge < -0.3 is 14.8 Å². The van der Waals surface area contributed by atoms with Gasteiger partial charge in [-0.3, -0.25) is 0 Å². The van der Waals surface area contributed by atoms with Gasteiger partial charge in [0.15, 0.2) is 0 Å². The maximum atomic E-state index is 11.4. The van der Waals surface area contributed by atoms with E-state index in [0.717, 1.165) is 27.7 Å². The molecule has 0 aliphatic rings. The lowest BCUT2D eigenvalue weighted by atomic mass is 10.1. The summed E-state index contributed by atoms with van der Waals surface area (Å²) in [6.07, 6.45) is 0. The maximum Gasteiger partial charge on any atom is 0.335 e. The van der Waals surface area contributed by atoms with Crippen molar-refractivity contribution in [2.24, 2.45) is 0 Å². The predicted octanol–water partition coefficient (Wildman–Crippen LogP) is 6.42. The number of halogens is 2. The highest BCUT2D eigenvalue weighted by molar-refractivity contribution is 6.42. The molecule has 3 aromatic carbocycles. The number of carbonyl (C=O) groups is 1. The fourth-order valence-corrected chi connectivity index (χ4v) is 3.34. The highest BCUT2D eigenvalue weighted by Crippen LogP contribution is 2.35. The van der Waals surface area contributed by atoms with Gasteiger partial charge in [0.1, 0.15) is 12.4 Å². The molecule has 0 fully saturated rings. The normalized spacial score (nSPS) is 10.9. The van der Waals surface area contributed by atoms with E-state index in [0.29, 0.717) is 22.4 Å². The van der Waals surface area contributed by atoms with Crippen LogP contribution in [0.2, 0.25) is 10.0 Å². The molecule has 2 N–H and O–H groups in total. The first-order valence-corrected chi connectivity index (χ1v) is 9.29. The van der Waals surface area contributed by atoms with Gasteiger partial charge in [0.2, 0.25) is 0 Å². The van der Waals surface area contributed by atoms with Crippen LogP contribution in [0, 0.1) is 0 Å². The van der Waals surface area contributed by atoms with Gasteiger partial charge in [-0.25, -0.2) is 4.79 Å². The maximum absolute atomic E-state index is 11.4. The number of ether oxygens (including phenoxy) is 1. The number of carboxylic acids is 1. The molecule has 6 heteroatoms. The van der Waals surface area contributed by atoms with E-state index >= 15 is 0 Å². The Morgan fingerprint density at radius 1 is 0.964 bits per heavy atom. The average molecular weight is 412 g/mol. The van der Waals surface area contributed by atoms with Crippen LogP contribution in [0.25, 0.3) is 22.2 Å². The number of hydrogen-bond donors (Lipinski definition) is 2. The zero-order chi connectivity index (χ0) is 19.7. The number of aromatic nitrogens is 1. The molecule has 0 radical (unpaired) electrons. The first-order chi connectivity index (χ1) is 13.5. The number of rotatable bonds is 5. The van der Waals surface area contributed by atoms with E-state index < -0.39 is 5.97 Å². The second-order valence-corrected chi connectivity index (χ2v) is 7.14. The number of benzene rings is 3. The molecular weight excluding hydrogens is 397 g/mol. The van der Waals surface area contributed by atoms with Crippen LogP contribution in [-0.2, 0) is 6.61 Å². The molecule has 0 bridgehead atoms. The minimum atomic E-state index is -1.01. The SMILES string of the molecule is O=C(O)c1ccc(-c2cc3cc(Cl)c(Cl)cc3[nH]2)c(OCc2ccccc2)c1. The topological polar surface area (TPSA) is 62.3 Å². The lowest BCUT2D eigenvalue weighted by Gasteiger charge is -2.12. The van der Waals surface area contributed by atoms with Gasteiger partial charge in [-0.2, -0.15) is 0 Å². The Hall–Kier alpha value is -2.95. The van der Waals surface area contributed by atoms with Crippen molar-refractivity contribution < 1.29 is 14.6 Å². The summed E-state index contributed by atoms with van der Waals surface area (Å²) in [5.41, 5.74) is 3.52. The molecule has 0 unspecified atom stereocenters. The largest absolute Gasteiger partial charge is 0.488 e. The van der Waals surface area contributed by atoms with E-state index in [1.165, 1.54) is 6.07 Å². The van der Waals surface area contributed by atoms with Gasteiger partial charge in [0.05, 0.1) is 21.3 Å². The number of carboxylic acid groups (broad SMARTS) is 1. The van der Waals surface area contributed by atoms with Crippen molar-refractivity contribution in [2.45, 2.75) is 6.61 Å². The summed E-state index contributed by atoms with van der Waals surface area (Å²) in [7, 11) is 0. The Morgan fingerprint density at radius 3 is 2.46 bits per heavy atom. The molecule has 0 atom stereocenters. The molecule has 140 valence electrons. The third-order valence-electron chi connectivity index (χ3n) is 4.42. The van der Waals surface area contributed by atoms with E-state index in [4.69, 9.17) is 27.9 Å². The minimum Gasteiger partial charge on any atom is -0.488 e. The zero-order valence-corrected chi connectivity index (χ0v) is 16.1. The molecule has 4 nitrogen and oxygen atoms in total. The average Bonchev–Trinajstić information content (AvgIpc) is 3.09. The van der Waals surface area contributed by atoms with E-state index in [1.54, 1.807) is 24.3 Å². The lowest BCUT2D eigenvalue weighted by Crippen LogP contribution is -2.01. The molecule has 0 saturated carbocycles. The molecule has 0 saturated heterocycles. The standard InChI is InChI=1S/C22H15Cl2NO3/c23-17-8-15-9-20(25-19(15)11-18(17)24)16-7-6-14(22(26)27)10-21(16)28-12-13-4-2-1-3-5-13/h1-11,25H,12H2,(H,26,27). The number of H-pyrrole nitrogens is 1. The van der Waals surface area contributed by atoms with Crippen LogP contribution in [0.4, 0.5) is 0 Å². The first kappa shape index (κ1) is 18.4. The highest BCUT2D eigenvalue weighted by atomic mass is 35.5. The number of aromatic carboxylic acids is 1. The molecular formula is C22H15Cl2NO3. The molecule has 4 aromatic rings. The van der Waals surface area contributed by atoms with E-state index in [-0.39, 0.29) is 5.56 Å². The molecule has 4 rings (SSSR count). The van der Waals surface area contributed by atoms with Gasteiger partial charge in [-0.1, -0.05) is 53.5 Å². The smallest absolute Gasteiger partial charge is 0.335 e. The summed E-state index contributed by atoms with van der Waals surface area (Å²) >= 11 is 12.2. The molecule has 0 aliphatic heterocycles. The van der Waals surface area contributed by atoms with Crippen molar-refractivity contribution in [3.05, 3.63) is 87.9 Å². The van der Waals surface area contributed by atoms with Gasteiger partial charge in [0.25, 0.3) is 0 Å². The zero-order valence-electron chi connectivity index (χ0n) is 14.6. The molecule has 0 spiro atoms. The van der Waals surface area contributed by atoms with Crippen molar-refractivity contribution in [1.82, 2.24) is 4.98 Å². The van der Waals surface area contributed by atoms with Crippen molar-refractivity contribution in [1.29, 1.82) is 0 Å². The van der Waals surface area contributed by atoms with Crippen LogP contribution in [0.15, 0.2) is 66.7 Å². The van der Waals surface area contributed by atoms with Crippen molar-refractivity contribution in [2.75, 3.05) is 0 Å². The van der Waals surface area contributed by atoms with Crippen LogP contribution < -0.4 is 4.74 Å². The minimum absolute atomic E-state index is 0.161. The van der Waals surface area contributed by atoms with Crippen LogP contribution in [0.1, 0.15) is 15.9 Å². The summed E-state index contributed by atoms with van der Waals surface area (Å²) in [4.78, 5) is 14.7. The van der Waals surface area contributed by atoms with E-state index in [2.05, 4.69) is 4.98 Å². The Morgan fingerprint density at radius 2 is 1.71 bits per heavy atom. The Kier molecular flexibility index (Phi) is 4.99. The second-order valence-electron chi connectivity index (χ2n) is 6.33. The summed E-state index contributed by atoms with van der Waals surface area (Å²) in [6.45, 7) is 0.328. The second kappa shape index (κ2) is 7.58. The fourth-order valence-electron chi connectivity index (χ4n) is 3.00. The lowest BCUT2D eigenvalue weighted by molar-refractivity contribution is 0.0696. The van der Waals surface area contributed by atoms with E-state index in [9.17, 15) is 9.90 Å². The molecule has 1 heterocycles. The molecule has 0 amide bonds. The van der Waals surface area contributed by atoms with Crippen molar-refractivity contribution in [3.63, 3.8) is 0 Å². The van der Waals surface area contributed by atoms with Crippen LogP contribution in [0.5, 0.6) is 5.75 Å². The monoisotopic (exact) mass is 411 g/mol. The number of hydrogen-bond acceptors (Lipinski definition) is 2. The first-order valence-electron chi connectivity index (χ1n) is 8.53. The Labute approximate surface area is 171 Å². The highest BCUT2D eigenvalue weighted by Gasteiger charge is 2.14. The van der Waals surface area contributed by atoms with Gasteiger partial charge >= 0.3 is 5.97 Å². The quantitative estimate of drug-likeness (QED) is 0.398. The van der Waals surface area contributed by atoms with Crippen molar-refractivity contribution >= 4 is 40.1 Å². The fraction of sp³-hybridized carbons (Fsp3) is 0.0455. The van der Waals surface area contributed by atoms with Crippen LogP contribution >= 0.6 is 23.2 Å². The predicted molar refractivity (Wildman–Crippen MR) is 111 cm³/mol. The summed E-state index contributed by atoms with van der Waals surface area (Å²) < 4.78 is 5.98. The number of aromatic amines is 1. The summed E-state index contributed by atoms with van der Waals surface area (Å²) in [5, 5.41) is 11.2. The Bertz CT molecular complexity index is 1130. The Balaban J connectivity index is 1.76. The van der Waals surface area contributed by atoms with E-state index in [1.807, 2.05) is 36.4 Å². The third-order valence-corrected chi connectivity index (χ3v) is 5.14. The molecule has 28 heavy (non-hydrogen) atoms. The third kappa shape index (κ3) is 3.70. The van der Waals surface area contributed by atoms with Gasteiger partial charge in [0, 0.05) is 16.5 Å². The van der Waals surface area contributed by atoms with Gasteiger partial charge in [-0.05, 0) is 42.0 Å².